The maximum absolute atomic E-state index is 6.19. The molecule has 1 fully saturated rings. The fourth-order valence-corrected chi connectivity index (χ4v) is 3.64. The highest BCUT2D eigenvalue weighted by Gasteiger charge is 2.16. The number of fused-ring (bicyclic) bond motifs is 1. The number of aromatic nitrogens is 1. The van der Waals surface area contributed by atoms with Gasteiger partial charge in [0.15, 0.2) is 0 Å². The zero-order valence-corrected chi connectivity index (χ0v) is 12.9. The van der Waals surface area contributed by atoms with Crippen LogP contribution in [0.1, 0.15) is 37.7 Å². The second-order valence-electron chi connectivity index (χ2n) is 6.00. The van der Waals surface area contributed by atoms with E-state index < -0.39 is 0 Å². The third kappa shape index (κ3) is 2.87. The van der Waals surface area contributed by atoms with Crippen LogP contribution in [0.2, 0.25) is 5.02 Å². The smallest absolute Gasteiger partial charge is 0.0498 e. The summed E-state index contributed by atoms with van der Waals surface area (Å²) in [5.74, 6) is 0.834. The molecule has 108 valence electrons. The van der Waals surface area contributed by atoms with E-state index in [4.69, 9.17) is 11.6 Å². The topological polar surface area (TPSA) is 17.0 Å². The van der Waals surface area contributed by atoms with E-state index in [2.05, 4.69) is 28.2 Å². The molecule has 0 unspecified atom stereocenters. The van der Waals surface area contributed by atoms with Gasteiger partial charge in [-0.05, 0) is 43.5 Å². The van der Waals surface area contributed by atoms with Gasteiger partial charge < -0.3 is 9.88 Å². The second-order valence-corrected chi connectivity index (χ2v) is 6.44. The van der Waals surface area contributed by atoms with Crippen LogP contribution in [0.3, 0.4) is 0 Å². The zero-order chi connectivity index (χ0) is 13.9. The summed E-state index contributed by atoms with van der Waals surface area (Å²) >= 11 is 6.19. The first-order valence-electron chi connectivity index (χ1n) is 7.70. The van der Waals surface area contributed by atoms with Gasteiger partial charge in [-0.15, -0.1) is 0 Å². The lowest BCUT2D eigenvalue weighted by atomic mass is 9.89. The molecule has 1 aromatic heterocycles. The van der Waals surface area contributed by atoms with Crippen molar-refractivity contribution >= 4 is 22.5 Å². The fourth-order valence-electron chi connectivity index (χ4n) is 3.47. The predicted molar refractivity (Wildman–Crippen MR) is 86.3 cm³/mol. The van der Waals surface area contributed by atoms with Crippen LogP contribution < -0.4 is 5.32 Å². The van der Waals surface area contributed by atoms with Crippen molar-refractivity contribution < 1.29 is 0 Å². The van der Waals surface area contributed by atoms with Gasteiger partial charge in [-0.3, -0.25) is 0 Å². The molecule has 1 N–H and O–H groups in total. The average Bonchev–Trinajstić information content (AvgIpc) is 2.78. The Morgan fingerprint density at radius 1 is 1.25 bits per heavy atom. The summed E-state index contributed by atoms with van der Waals surface area (Å²) < 4.78 is 2.42. The van der Waals surface area contributed by atoms with Gasteiger partial charge in [-0.1, -0.05) is 36.9 Å². The third-order valence-electron chi connectivity index (χ3n) is 4.47. The Balaban J connectivity index is 1.93. The Kier molecular flexibility index (Phi) is 4.32. The molecule has 2 aromatic rings. The molecule has 2 nitrogen and oxygen atoms in total. The highest BCUT2D eigenvalue weighted by atomic mass is 35.5. The van der Waals surface area contributed by atoms with Crippen molar-refractivity contribution in [1.82, 2.24) is 9.88 Å². The van der Waals surface area contributed by atoms with Crippen molar-refractivity contribution in [3.8, 4) is 0 Å². The van der Waals surface area contributed by atoms with Crippen molar-refractivity contribution in [3.63, 3.8) is 0 Å². The predicted octanol–water partition coefficient (Wildman–Crippen LogP) is 4.59. The number of halogens is 1. The summed E-state index contributed by atoms with van der Waals surface area (Å²) in [7, 11) is 2.00. The lowest BCUT2D eigenvalue weighted by Crippen LogP contribution is -2.13. The van der Waals surface area contributed by atoms with Gasteiger partial charge in [-0.25, -0.2) is 0 Å². The van der Waals surface area contributed by atoms with Crippen molar-refractivity contribution in [2.75, 3.05) is 7.05 Å². The van der Waals surface area contributed by atoms with Crippen LogP contribution in [-0.4, -0.2) is 11.6 Å². The Hall–Kier alpha value is -0.990. The fraction of sp³-hybridized carbons (Fsp3) is 0.529. The summed E-state index contributed by atoms with van der Waals surface area (Å²) in [5, 5.41) is 5.42. The number of hydrogen-bond acceptors (Lipinski definition) is 1. The van der Waals surface area contributed by atoms with E-state index in [1.807, 2.05) is 13.1 Å². The van der Waals surface area contributed by atoms with Gasteiger partial charge in [0.25, 0.3) is 0 Å². The van der Waals surface area contributed by atoms with E-state index in [-0.39, 0.29) is 0 Å². The molecule has 1 heterocycles. The Morgan fingerprint density at radius 2 is 2.05 bits per heavy atom. The molecular weight excluding hydrogens is 268 g/mol. The van der Waals surface area contributed by atoms with Gasteiger partial charge >= 0.3 is 0 Å². The van der Waals surface area contributed by atoms with Crippen LogP contribution >= 0.6 is 11.6 Å². The van der Waals surface area contributed by atoms with Crippen LogP contribution in [0.25, 0.3) is 10.9 Å². The first-order valence-corrected chi connectivity index (χ1v) is 8.07. The minimum atomic E-state index is 0.830. The average molecular weight is 291 g/mol. The van der Waals surface area contributed by atoms with E-state index in [1.54, 1.807) is 0 Å². The van der Waals surface area contributed by atoms with Crippen LogP contribution in [0, 0.1) is 5.92 Å². The van der Waals surface area contributed by atoms with Gasteiger partial charge in [0.1, 0.15) is 0 Å². The molecule has 1 saturated carbocycles. The molecule has 0 atom stereocenters. The van der Waals surface area contributed by atoms with Crippen molar-refractivity contribution in [2.45, 2.75) is 45.2 Å². The van der Waals surface area contributed by atoms with Gasteiger partial charge in [0.05, 0.1) is 0 Å². The van der Waals surface area contributed by atoms with Crippen molar-refractivity contribution in [1.29, 1.82) is 0 Å². The molecule has 20 heavy (non-hydrogen) atoms. The van der Waals surface area contributed by atoms with Crippen molar-refractivity contribution in [2.24, 2.45) is 5.92 Å². The number of nitrogens with zero attached hydrogens (tertiary/aromatic N) is 1. The number of benzene rings is 1. The van der Waals surface area contributed by atoms with E-state index in [0.717, 1.165) is 24.0 Å². The molecule has 0 spiro atoms. The summed E-state index contributed by atoms with van der Waals surface area (Å²) in [6.07, 6.45) is 9.27. The quantitative estimate of drug-likeness (QED) is 0.871. The number of nitrogens with one attached hydrogen (secondary N) is 1. The van der Waals surface area contributed by atoms with E-state index >= 15 is 0 Å². The van der Waals surface area contributed by atoms with E-state index in [9.17, 15) is 0 Å². The summed E-state index contributed by atoms with van der Waals surface area (Å²) in [6.45, 7) is 2.05. The molecule has 1 aromatic carbocycles. The van der Waals surface area contributed by atoms with Gasteiger partial charge in [0.2, 0.25) is 0 Å². The molecule has 1 aliphatic rings. The Labute approximate surface area is 126 Å². The summed E-state index contributed by atoms with van der Waals surface area (Å²) in [5.41, 5.74) is 2.66. The lowest BCUT2D eigenvalue weighted by Gasteiger charge is -2.22. The largest absolute Gasteiger partial charge is 0.347 e. The minimum Gasteiger partial charge on any atom is -0.347 e. The maximum Gasteiger partial charge on any atom is 0.0498 e. The van der Waals surface area contributed by atoms with Gasteiger partial charge in [0, 0.05) is 35.2 Å². The molecule has 0 amide bonds. The van der Waals surface area contributed by atoms with Gasteiger partial charge in [-0.2, -0.15) is 0 Å². The summed E-state index contributed by atoms with van der Waals surface area (Å²) in [6, 6.07) is 6.26. The highest BCUT2D eigenvalue weighted by molar-refractivity contribution is 6.31. The molecule has 3 heteroatoms. The first kappa shape index (κ1) is 14.0. The minimum absolute atomic E-state index is 0.830. The standard InChI is InChI=1S/C17H23ClN2/c1-19-10-14-12-20(11-13-5-3-2-4-6-13)17-9-15(18)7-8-16(14)17/h7-9,12-13,19H,2-6,10-11H2,1H3. The van der Waals surface area contributed by atoms with E-state index in [0.29, 0.717) is 0 Å². The molecule has 0 saturated heterocycles. The molecular formula is C17H23ClN2. The number of hydrogen-bond donors (Lipinski definition) is 1. The Morgan fingerprint density at radius 3 is 2.80 bits per heavy atom. The monoisotopic (exact) mass is 290 g/mol. The molecule has 0 bridgehead atoms. The first-order chi connectivity index (χ1) is 9.78. The maximum atomic E-state index is 6.19. The molecule has 1 aliphatic carbocycles. The summed E-state index contributed by atoms with van der Waals surface area (Å²) in [4.78, 5) is 0. The third-order valence-corrected chi connectivity index (χ3v) is 4.71. The van der Waals surface area contributed by atoms with Crippen LogP contribution in [0.15, 0.2) is 24.4 Å². The van der Waals surface area contributed by atoms with Crippen LogP contribution in [0.4, 0.5) is 0 Å². The molecule has 3 rings (SSSR count). The Bertz CT molecular complexity index is 582. The van der Waals surface area contributed by atoms with Crippen molar-refractivity contribution in [3.05, 3.63) is 35.0 Å². The molecule has 0 aliphatic heterocycles. The van der Waals surface area contributed by atoms with E-state index in [1.165, 1.54) is 48.6 Å². The highest BCUT2D eigenvalue weighted by Crippen LogP contribution is 2.29. The second kappa shape index (κ2) is 6.19. The zero-order valence-electron chi connectivity index (χ0n) is 12.2. The molecule has 0 radical (unpaired) electrons. The normalized spacial score (nSPS) is 16.9. The van der Waals surface area contributed by atoms with Crippen LogP contribution in [-0.2, 0) is 13.1 Å². The van der Waals surface area contributed by atoms with Crippen LogP contribution in [0.5, 0.6) is 0 Å². The number of rotatable bonds is 4. The lowest BCUT2D eigenvalue weighted by molar-refractivity contribution is 0.322. The SMILES string of the molecule is CNCc1cn(CC2CCCCC2)c2cc(Cl)ccc12.